The van der Waals surface area contributed by atoms with Gasteiger partial charge in [-0.1, -0.05) is 18.2 Å². The predicted molar refractivity (Wildman–Crippen MR) is 82.7 cm³/mol. The van der Waals surface area contributed by atoms with Crippen molar-refractivity contribution in [3.8, 4) is 0 Å². The first-order valence-corrected chi connectivity index (χ1v) is 6.58. The van der Waals surface area contributed by atoms with Gasteiger partial charge in [-0.25, -0.2) is 4.79 Å². The Morgan fingerprint density at radius 2 is 2.00 bits per heavy atom. The number of likely N-dealkylation sites (tertiary alicyclic amines) is 1. The number of carboxylic acid groups (broad SMARTS) is 1. The molecule has 20 heavy (non-hydrogen) atoms. The molecule has 1 N–H and O–H groups in total. The summed E-state index contributed by atoms with van der Waals surface area (Å²) in [5.74, 6) is 0.882. The molecule has 0 aliphatic carbocycles. The number of benzene rings is 1. The minimum Gasteiger partial charge on any atom is -0.465 e. The van der Waals surface area contributed by atoms with Crippen LogP contribution in [0.1, 0.15) is 17.0 Å². The molecule has 4 nitrogen and oxygen atoms in total. The Hall–Kier alpha value is -1.13. The molecule has 4 rings (SSSR count). The first kappa shape index (κ1) is 15.3. The zero-order chi connectivity index (χ0) is 12.3. The molecular formula is C14H18Cl2N2O2. The third-order valence-electron chi connectivity index (χ3n) is 4.68. The summed E-state index contributed by atoms with van der Waals surface area (Å²) in [4.78, 5) is 15.2. The Balaban J connectivity index is 0.000000735. The van der Waals surface area contributed by atoms with E-state index in [1.165, 1.54) is 16.8 Å². The zero-order valence-electron chi connectivity index (χ0n) is 11.0. The van der Waals surface area contributed by atoms with E-state index >= 15 is 0 Å². The summed E-state index contributed by atoms with van der Waals surface area (Å²) >= 11 is 0. The lowest BCUT2D eigenvalue weighted by atomic mass is 9.83. The second kappa shape index (κ2) is 5.34. The number of rotatable bonds is 0. The molecule has 1 fully saturated rings. The predicted octanol–water partition coefficient (Wildman–Crippen LogP) is 2.60. The number of anilines is 1. The number of fused-ring (bicyclic) bond motifs is 2. The van der Waals surface area contributed by atoms with Crippen LogP contribution < -0.4 is 4.90 Å². The van der Waals surface area contributed by atoms with Crippen LogP contribution in [0.5, 0.6) is 0 Å². The fourth-order valence-electron chi connectivity index (χ4n) is 3.90. The van der Waals surface area contributed by atoms with Crippen LogP contribution in [-0.4, -0.2) is 42.3 Å². The van der Waals surface area contributed by atoms with Gasteiger partial charge in [-0.05, 0) is 17.5 Å². The van der Waals surface area contributed by atoms with Crippen molar-refractivity contribution in [3.63, 3.8) is 0 Å². The van der Waals surface area contributed by atoms with Gasteiger partial charge in [0.15, 0.2) is 0 Å². The van der Waals surface area contributed by atoms with Gasteiger partial charge in [-0.2, -0.15) is 0 Å². The summed E-state index contributed by atoms with van der Waals surface area (Å²) in [6, 6.07) is 6.53. The van der Waals surface area contributed by atoms with Crippen molar-refractivity contribution in [3.05, 3.63) is 29.3 Å². The topological polar surface area (TPSA) is 43.8 Å². The Morgan fingerprint density at radius 1 is 1.20 bits per heavy atom. The summed E-state index contributed by atoms with van der Waals surface area (Å²) in [5, 5.41) is 9.16. The highest BCUT2D eigenvalue weighted by Crippen LogP contribution is 2.46. The molecule has 1 aromatic carbocycles. The minimum atomic E-state index is -0.772. The normalized spacial score (nSPS) is 25.4. The zero-order valence-corrected chi connectivity index (χ0v) is 12.6. The highest BCUT2D eigenvalue weighted by Gasteiger charge is 2.43. The maximum atomic E-state index is 11.1. The van der Waals surface area contributed by atoms with Crippen LogP contribution in [0.4, 0.5) is 10.5 Å². The summed E-state index contributed by atoms with van der Waals surface area (Å²) in [7, 11) is 0. The largest absolute Gasteiger partial charge is 0.465 e. The monoisotopic (exact) mass is 316 g/mol. The van der Waals surface area contributed by atoms with E-state index in [9.17, 15) is 4.79 Å². The molecule has 0 radical (unpaired) electrons. The molecule has 0 spiro atoms. The number of hydrogen-bond acceptors (Lipinski definition) is 2. The van der Waals surface area contributed by atoms with Crippen LogP contribution in [0.3, 0.4) is 0 Å². The van der Waals surface area contributed by atoms with Crippen LogP contribution in [0, 0.1) is 5.92 Å². The molecule has 1 aromatic rings. The third-order valence-corrected chi connectivity index (χ3v) is 4.68. The minimum absolute atomic E-state index is 0. The summed E-state index contributed by atoms with van der Waals surface area (Å²) in [6.45, 7) is 3.49. The maximum Gasteiger partial charge on any atom is 0.407 e. The number of nitrogens with zero attached hydrogens (tertiary/aromatic N) is 2. The smallest absolute Gasteiger partial charge is 0.407 e. The van der Waals surface area contributed by atoms with Crippen molar-refractivity contribution in [2.75, 3.05) is 31.1 Å². The average Bonchev–Trinajstić information content (AvgIpc) is 2.95. The molecule has 3 aliphatic rings. The second-order valence-corrected chi connectivity index (χ2v) is 5.61. The van der Waals surface area contributed by atoms with Gasteiger partial charge < -0.3 is 14.9 Å². The van der Waals surface area contributed by atoms with E-state index in [1.54, 1.807) is 4.90 Å². The maximum absolute atomic E-state index is 11.1. The van der Waals surface area contributed by atoms with Crippen molar-refractivity contribution < 1.29 is 9.90 Å². The van der Waals surface area contributed by atoms with E-state index in [4.69, 9.17) is 5.11 Å². The van der Waals surface area contributed by atoms with Gasteiger partial charge in [0.2, 0.25) is 0 Å². The molecule has 1 saturated heterocycles. The second-order valence-electron chi connectivity index (χ2n) is 5.61. The lowest BCUT2D eigenvalue weighted by Gasteiger charge is -2.35. The quantitative estimate of drug-likeness (QED) is 0.800. The number of carbonyl (C=O) groups is 1. The molecule has 3 aliphatic heterocycles. The molecule has 0 unspecified atom stereocenters. The van der Waals surface area contributed by atoms with Gasteiger partial charge >= 0.3 is 6.09 Å². The van der Waals surface area contributed by atoms with Crippen LogP contribution in [-0.2, 0) is 6.42 Å². The SMILES string of the molecule is Cl.Cl.O=C(O)N1C[C@H]2CN3CCc4cccc(c43)[C@H]2C1. The summed E-state index contributed by atoms with van der Waals surface area (Å²) < 4.78 is 0. The molecule has 0 saturated carbocycles. The van der Waals surface area contributed by atoms with Gasteiger partial charge in [0.1, 0.15) is 0 Å². The number of amides is 1. The lowest BCUT2D eigenvalue weighted by Crippen LogP contribution is -2.36. The number of hydrogen-bond donors (Lipinski definition) is 1. The molecule has 6 heteroatoms. The van der Waals surface area contributed by atoms with Crippen LogP contribution in [0.15, 0.2) is 18.2 Å². The molecule has 3 heterocycles. The van der Waals surface area contributed by atoms with Gasteiger partial charge in [-0.3, -0.25) is 0 Å². The van der Waals surface area contributed by atoms with E-state index in [0.29, 0.717) is 24.9 Å². The molecule has 2 atom stereocenters. The van der Waals surface area contributed by atoms with Crippen LogP contribution in [0.2, 0.25) is 0 Å². The van der Waals surface area contributed by atoms with Crippen molar-refractivity contribution in [2.24, 2.45) is 5.92 Å². The van der Waals surface area contributed by atoms with Gasteiger partial charge in [0.25, 0.3) is 0 Å². The van der Waals surface area contributed by atoms with E-state index in [1.807, 2.05) is 0 Å². The van der Waals surface area contributed by atoms with E-state index in [-0.39, 0.29) is 24.8 Å². The van der Waals surface area contributed by atoms with E-state index in [2.05, 4.69) is 23.1 Å². The molecule has 110 valence electrons. The van der Waals surface area contributed by atoms with Crippen LogP contribution in [0.25, 0.3) is 0 Å². The Bertz CT molecular complexity index is 538. The van der Waals surface area contributed by atoms with E-state index in [0.717, 1.165) is 19.5 Å². The molecular weight excluding hydrogens is 299 g/mol. The van der Waals surface area contributed by atoms with Crippen LogP contribution >= 0.6 is 24.8 Å². The molecule has 0 aromatic heterocycles. The Labute approximate surface area is 130 Å². The fourth-order valence-corrected chi connectivity index (χ4v) is 3.90. The van der Waals surface area contributed by atoms with Gasteiger partial charge in [-0.15, -0.1) is 24.8 Å². The summed E-state index contributed by atoms with van der Waals surface area (Å²) in [5.41, 5.74) is 4.23. The van der Waals surface area contributed by atoms with E-state index < -0.39 is 6.09 Å². The highest BCUT2D eigenvalue weighted by atomic mass is 35.5. The van der Waals surface area contributed by atoms with Crippen molar-refractivity contribution in [1.29, 1.82) is 0 Å². The van der Waals surface area contributed by atoms with Crippen molar-refractivity contribution in [2.45, 2.75) is 12.3 Å². The lowest BCUT2D eigenvalue weighted by molar-refractivity contribution is 0.154. The number of para-hydroxylation sites is 1. The fraction of sp³-hybridized carbons (Fsp3) is 0.500. The van der Waals surface area contributed by atoms with Gasteiger partial charge in [0.05, 0.1) is 0 Å². The highest BCUT2D eigenvalue weighted by molar-refractivity contribution is 5.85. The average molecular weight is 317 g/mol. The first-order chi connectivity index (χ1) is 8.74. The standard InChI is InChI=1S/C14H16N2O2.2ClH/c17-14(18)16-7-10-6-15-5-4-9-2-1-3-11(13(9)15)12(10)8-16;;/h1-3,10,12H,4-8H2,(H,17,18);2*1H/t10-,12+;;/m1../s1. The third kappa shape index (κ3) is 2.02. The number of halogens is 2. The summed E-state index contributed by atoms with van der Waals surface area (Å²) in [6.07, 6.45) is 0.372. The molecule has 0 bridgehead atoms. The Kier molecular flexibility index (Phi) is 4.07. The Morgan fingerprint density at radius 3 is 2.75 bits per heavy atom. The van der Waals surface area contributed by atoms with Crippen molar-refractivity contribution in [1.82, 2.24) is 4.90 Å². The molecule has 1 amide bonds. The first-order valence-electron chi connectivity index (χ1n) is 6.58. The van der Waals surface area contributed by atoms with Crippen molar-refractivity contribution >= 4 is 36.6 Å². The van der Waals surface area contributed by atoms with Gasteiger partial charge in [0, 0.05) is 43.7 Å².